The number of rotatable bonds is 5. The van der Waals surface area contributed by atoms with Crippen molar-refractivity contribution < 1.29 is 14.4 Å². The Labute approximate surface area is 109 Å². The quantitative estimate of drug-likeness (QED) is 0.633. The largest absolute Gasteiger partial charge is 0.350 e. The first-order chi connectivity index (χ1) is 9.15. The highest BCUT2D eigenvalue weighted by Crippen LogP contribution is 2.02. The summed E-state index contributed by atoms with van der Waals surface area (Å²) >= 11 is 0. The molecule has 0 unspecified atom stereocenters. The molecule has 1 fully saturated rings. The highest BCUT2D eigenvalue weighted by molar-refractivity contribution is 6.04. The van der Waals surface area contributed by atoms with E-state index in [4.69, 9.17) is 0 Å². The molecule has 2 heterocycles. The smallest absolute Gasteiger partial charge is 0.322 e. The molecule has 19 heavy (non-hydrogen) atoms. The summed E-state index contributed by atoms with van der Waals surface area (Å²) in [5.41, 5.74) is 0.766. The van der Waals surface area contributed by atoms with Crippen molar-refractivity contribution in [1.82, 2.24) is 20.9 Å². The van der Waals surface area contributed by atoms with Crippen molar-refractivity contribution in [3.63, 3.8) is 0 Å². The van der Waals surface area contributed by atoms with Gasteiger partial charge in [-0.3, -0.25) is 19.9 Å². The average molecular weight is 262 g/mol. The fraction of sp³-hybridized carbons (Fsp3) is 0.333. The van der Waals surface area contributed by atoms with E-state index in [1.54, 1.807) is 12.3 Å². The maximum atomic E-state index is 11.6. The van der Waals surface area contributed by atoms with Crippen LogP contribution in [0, 0.1) is 0 Å². The van der Waals surface area contributed by atoms with Crippen molar-refractivity contribution in [2.45, 2.75) is 25.4 Å². The van der Waals surface area contributed by atoms with E-state index in [2.05, 4.69) is 20.9 Å². The SMILES string of the molecule is O=C(CC[C@H]1NC(=O)NC1=O)NCc1ccccn1. The molecule has 0 radical (unpaired) electrons. The number of aromatic nitrogens is 1. The molecule has 1 aromatic heterocycles. The topological polar surface area (TPSA) is 100 Å². The van der Waals surface area contributed by atoms with Crippen molar-refractivity contribution in [1.29, 1.82) is 0 Å². The Balaban J connectivity index is 1.70. The number of carbonyl (C=O) groups excluding carboxylic acids is 3. The van der Waals surface area contributed by atoms with E-state index >= 15 is 0 Å². The summed E-state index contributed by atoms with van der Waals surface area (Å²) in [5, 5.41) is 7.26. The number of imide groups is 1. The van der Waals surface area contributed by atoms with Gasteiger partial charge in [0.25, 0.3) is 5.91 Å². The molecule has 0 saturated carbocycles. The van der Waals surface area contributed by atoms with Crippen LogP contribution < -0.4 is 16.0 Å². The number of nitrogens with zero attached hydrogens (tertiary/aromatic N) is 1. The third-order valence-corrected chi connectivity index (χ3v) is 2.71. The molecule has 3 N–H and O–H groups in total. The highest BCUT2D eigenvalue weighted by Gasteiger charge is 2.29. The van der Waals surface area contributed by atoms with Gasteiger partial charge in [0.05, 0.1) is 12.2 Å². The van der Waals surface area contributed by atoms with Crippen LogP contribution in [0.15, 0.2) is 24.4 Å². The molecular weight excluding hydrogens is 248 g/mol. The maximum Gasteiger partial charge on any atom is 0.322 e. The number of hydrogen-bond donors (Lipinski definition) is 3. The van der Waals surface area contributed by atoms with Crippen LogP contribution in [-0.4, -0.2) is 28.9 Å². The normalized spacial score (nSPS) is 17.8. The van der Waals surface area contributed by atoms with Gasteiger partial charge in [0.1, 0.15) is 6.04 Å². The number of amides is 4. The van der Waals surface area contributed by atoms with Crippen LogP contribution in [0.1, 0.15) is 18.5 Å². The minimum Gasteiger partial charge on any atom is -0.350 e. The second-order valence-electron chi connectivity index (χ2n) is 4.15. The van der Waals surface area contributed by atoms with Crippen LogP contribution in [0.25, 0.3) is 0 Å². The van der Waals surface area contributed by atoms with Gasteiger partial charge in [-0.15, -0.1) is 0 Å². The van der Waals surface area contributed by atoms with Crippen LogP contribution in [0.5, 0.6) is 0 Å². The number of urea groups is 1. The first kappa shape index (κ1) is 13.0. The fourth-order valence-corrected chi connectivity index (χ4v) is 1.72. The van der Waals surface area contributed by atoms with E-state index in [0.29, 0.717) is 6.54 Å². The van der Waals surface area contributed by atoms with E-state index in [0.717, 1.165) is 5.69 Å². The Hall–Kier alpha value is -2.44. The summed E-state index contributed by atoms with van der Waals surface area (Å²) in [7, 11) is 0. The number of pyridine rings is 1. The van der Waals surface area contributed by atoms with Crippen LogP contribution in [-0.2, 0) is 16.1 Å². The van der Waals surface area contributed by atoms with Gasteiger partial charge in [-0.25, -0.2) is 4.79 Å². The number of carbonyl (C=O) groups is 3. The molecule has 0 bridgehead atoms. The molecule has 0 spiro atoms. The van der Waals surface area contributed by atoms with Gasteiger partial charge in [-0.2, -0.15) is 0 Å². The molecule has 1 aliphatic heterocycles. The molecule has 7 heteroatoms. The van der Waals surface area contributed by atoms with Crippen molar-refractivity contribution in [3.05, 3.63) is 30.1 Å². The minimum absolute atomic E-state index is 0.172. The van der Waals surface area contributed by atoms with Crippen molar-refractivity contribution in [2.24, 2.45) is 0 Å². The molecular formula is C12H14N4O3. The lowest BCUT2D eigenvalue weighted by Gasteiger charge is -2.07. The van der Waals surface area contributed by atoms with Crippen molar-refractivity contribution in [3.8, 4) is 0 Å². The van der Waals surface area contributed by atoms with Gasteiger partial charge in [0.2, 0.25) is 5.91 Å². The lowest BCUT2D eigenvalue weighted by atomic mass is 10.1. The highest BCUT2D eigenvalue weighted by atomic mass is 16.2. The van der Waals surface area contributed by atoms with Crippen molar-refractivity contribution in [2.75, 3.05) is 0 Å². The zero-order valence-electron chi connectivity index (χ0n) is 10.2. The van der Waals surface area contributed by atoms with E-state index in [1.807, 2.05) is 12.1 Å². The Bertz CT molecular complexity index is 489. The summed E-state index contributed by atoms with van der Waals surface area (Å²) in [6.45, 7) is 0.350. The van der Waals surface area contributed by atoms with E-state index in [1.165, 1.54) is 0 Å². The van der Waals surface area contributed by atoms with Crippen LogP contribution in [0.4, 0.5) is 4.79 Å². The zero-order valence-corrected chi connectivity index (χ0v) is 10.2. The Morgan fingerprint density at radius 2 is 2.21 bits per heavy atom. The molecule has 1 aliphatic rings. The van der Waals surface area contributed by atoms with Gasteiger partial charge < -0.3 is 10.6 Å². The van der Waals surface area contributed by atoms with Crippen LogP contribution in [0.3, 0.4) is 0 Å². The molecule has 0 aromatic carbocycles. The maximum absolute atomic E-state index is 11.6. The monoisotopic (exact) mass is 262 g/mol. The Morgan fingerprint density at radius 1 is 1.37 bits per heavy atom. The summed E-state index contributed by atoms with van der Waals surface area (Å²) < 4.78 is 0. The molecule has 100 valence electrons. The van der Waals surface area contributed by atoms with Crippen molar-refractivity contribution >= 4 is 17.8 Å². The number of hydrogen-bond acceptors (Lipinski definition) is 4. The lowest BCUT2D eigenvalue weighted by molar-refractivity contribution is -0.122. The van der Waals surface area contributed by atoms with Gasteiger partial charge in [0, 0.05) is 12.6 Å². The van der Waals surface area contributed by atoms with Gasteiger partial charge in [-0.05, 0) is 18.6 Å². The summed E-state index contributed by atoms with van der Waals surface area (Å²) in [6, 6.07) is 4.32. The van der Waals surface area contributed by atoms with Crippen LogP contribution >= 0.6 is 0 Å². The second-order valence-corrected chi connectivity index (χ2v) is 4.15. The first-order valence-corrected chi connectivity index (χ1v) is 5.93. The summed E-state index contributed by atoms with van der Waals surface area (Å²) in [6.07, 6.45) is 2.11. The molecule has 1 saturated heterocycles. The van der Waals surface area contributed by atoms with Crippen LogP contribution in [0.2, 0.25) is 0 Å². The predicted octanol–water partition coefficient (Wildman–Crippen LogP) is -0.314. The Kier molecular flexibility index (Phi) is 4.07. The van der Waals surface area contributed by atoms with Gasteiger partial charge >= 0.3 is 6.03 Å². The van der Waals surface area contributed by atoms with E-state index in [9.17, 15) is 14.4 Å². The third kappa shape index (κ3) is 3.77. The molecule has 7 nitrogen and oxygen atoms in total. The summed E-state index contributed by atoms with van der Waals surface area (Å²) in [4.78, 5) is 37.8. The standard InChI is InChI=1S/C12H14N4O3/c17-10(14-7-8-3-1-2-6-13-8)5-4-9-11(18)16-12(19)15-9/h1-3,6,9H,4-5,7H2,(H,14,17)(H2,15,16,18,19)/t9-/m1/s1. The predicted molar refractivity (Wildman–Crippen MR) is 65.8 cm³/mol. The number of nitrogens with one attached hydrogen (secondary N) is 3. The molecule has 2 rings (SSSR count). The molecule has 4 amide bonds. The van der Waals surface area contributed by atoms with Gasteiger partial charge in [0.15, 0.2) is 0 Å². The second kappa shape index (κ2) is 5.94. The summed E-state index contributed by atoms with van der Waals surface area (Å²) in [5.74, 6) is -0.567. The first-order valence-electron chi connectivity index (χ1n) is 5.93. The molecule has 0 aliphatic carbocycles. The average Bonchev–Trinajstić information content (AvgIpc) is 2.73. The third-order valence-electron chi connectivity index (χ3n) is 2.71. The molecule has 1 atom stereocenters. The lowest BCUT2D eigenvalue weighted by Crippen LogP contribution is -2.31. The van der Waals surface area contributed by atoms with Gasteiger partial charge in [-0.1, -0.05) is 6.07 Å². The minimum atomic E-state index is -0.617. The van der Waals surface area contributed by atoms with E-state index in [-0.39, 0.29) is 24.7 Å². The Morgan fingerprint density at radius 3 is 2.84 bits per heavy atom. The molecule has 1 aromatic rings. The van der Waals surface area contributed by atoms with E-state index < -0.39 is 12.1 Å². The zero-order chi connectivity index (χ0) is 13.7. The fourth-order valence-electron chi connectivity index (χ4n) is 1.72.